The molecule has 0 saturated carbocycles. The zero-order chi connectivity index (χ0) is 26.9. The van der Waals surface area contributed by atoms with Gasteiger partial charge in [0.25, 0.3) is 5.91 Å². The van der Waals surface area contributed by atoms with E-state index in [-0.39, 0.29) is 23.8 Å². The number of hydrogen-bond donors (Lipinski definition) is 1. The van der Waals surface area contributed by atoms with Gasteiger partial charge in [0.15, 0.2) is 0 Å². The summed E-state index contributed by atoms with van der Waals surface area (Å²) in [7, 11) is 1.78. The Balaban J connectivity index is 1.33. The lowest BCUT2D eigenvalue weighted by molar-refractivity contribution is -0.125. The van der Waals surface area contributed by atoms with Crippen molar-refractivity contribution in [2.24, 2.45) is 5.92 Å². The second-order valence-electron chi connectivity index (χ2n) is 10.7. The Labute approximate surface area is 232 Å². The van der Waals surface area contributed by atoms with Crippen LogP contribution in [0.5, 0.6) is 0 Å². The molecular weight excluding hydrogens is 504 g/mol. The number of hydrogen-bond acceptors (Lipinski definition) is 2. The Morgan fingerprint density at radius 1 is 0.949 bits per heavy atom. The fourth-order valence-electron chi connectivity index (χ4n) is 6.75. The second kappa shape index (κ2) is 8.69. The van der Waals surface area contributed by atoms with Gasteiger partial charge in [0.1, 0.15) is 5.54 Å². The number of allylic oxidation sites excluding steroid dienone is 2. The summed E-state index contributed by atoms with van der Waals surface area (Å²) in [5.74, 6) is -0.413. The van der Waals surface area contributed by atoms with Gasteiger partial charge >= 0.3 is 0 Å². The molecule has 4 nitrogen and oxygen atoms in total. The van der Waals surface area contributed by atoms with E-state index in [1.807, 2.05) is 61.5 Å². The van der Waals surface area contributed by atoms with Crippen molar-refractivity contribution in [3.63, 3.8) is 0 Å². The van der Waals surface area contributed by atoms with Crippen LogP contribution in [0.25, 0.3) is 27.1 Å². The number of rotatable bonds is 4. The normalized spacial score (nSPS) is 22.7. The first-order valence-electron chi connectivity index (χ1n) is 13.3. The van der Waals surface area contributed by atoms with Gasteiger partial charge in [0.05, 0.1) is 6.04 Å². The monoisotopic (exact) mass is 530 g/mol. The van der Waals surface area contributed by atoms with E-state index in [1.165, 1.54) is 0 Å². The molecule has 39 heavy (non-hydrogen) atoms. The highest BCUT2D eigenvalue weighted by atomic mass is 35.5. The molecule has 8 rings (SSSR count). The number of carbonyl (C=O) groups is 2. The number of fused-ring (bicyclic) bond motifs is 2. The van der Waals surface area contributed by atoms with Crippen LogP contribution in [0, 0.1) is 5.92 Å². The fraction of sp³-hybridized carbons (Fsp3) is 0.176. The average Bonchev–Trinajstić information content (AvgIpc) is 3.18. The van der Waals surface area contributed by atoms with Crippen molar-refractivity contribution in [2.75, 3.05) is 7.05 Å². The van der Waals surface area contributed by atoms with Crippen LogP contribution in [0.1, 0.15) is 30.5 Å². The van der Waals surface area contributed by atoms with Gasteiger partial charge < -0.3 is 10.2 Å². The van der Waals surface area contributed by atoms with E-state index in [0.717, 1.165) is 38.2 Å². The molecule has 1 heterocycles. The first kappa shape index (κ1) is 23.9. The number of carbonyl (C=O) groups excluding carboxylic acids is 2. The summed E-state index contributed by atoms with van der Waals surface area (Å²) < 4.78 is 0. The van der Waals surface area contributed by atoms with Crippen LogP contribution < -0.4 is 5.32 Å². The van der Waals surface area contributed by atoms with Crippen LogP contribution in [0.3, 0.4) is 0 Å². The molecule has 3 atom stereocenters. The molecule has 5 heteroatoms. The topological polar surface area (TPSA) is 49.4 Å². The Morgan fingerprint density at radius 3 is 2.36 bits per heavy atom. The van der Waals surface area contributed by atoms with Gasteiger partial charge in [-0.2, -0.15) is 0 Å². The molecule has 2 bridgehead atoms. The summed E-state index contributed by atoms with van der Waals surface area (Å²) in [4.78, 5) is 29.7. The lowest BCUT2D eigenvalue weighted by atomic mass is 9.66. The fourth-order valence-corrected chi connectivity index (χ4v) is 7.05. The van der Waals surface area contributed by atoms with Crippen molar-refractivity contribution in [2.45, 2.75) is 24.9 Å². The van der Waals surface area contributed by atoms with Gasteiger partial charge in [-0.15, -0.1) is 0 Å². The number of amides is 2. The SMILES string of the molecule is C[C@@H](NC(=O)C1=C[C@@H]2CC3=C(c4cccc5ccccc45)C(=O)N(C)C13C=C2Cl)c1cccc2ccccc12. The van der Waals surface area contributed by atoms with Gasteiger partial charge in [0.2, 0.25) is 5.91 Å². The summed E-state index contributed by atoms with van der Waals surface area (Å²) >= 11 is 6.74. The zero-order valence-electron chi connectivity index (χ0n) is 21.7. The molecule has 3 aliphatic carbocycles. The quantitative estimate of drug-likeness (QED) is 0.311. The third kappa shape index (κ3) is 3.38. The maximum Gasteiger partial charge on any atom is 0.255 e. The van der Waals surface area contributed by atoms with Crippen molar-refractivity contribution < 1.29 is 9.59 Å². The summed E-state index contributed by atoms with van der Waals surface area (Å²) in [6.45, 7) is 2.00. The maximum atomic E-state index is 14.0. The zero-order valence-corrected chi connectivity index (χ0v) is 22.5. The van der Waals surface area contributed by atoms with E-state index in [4.69, 9.17) is 11.6 Å². The maximum absolute atomic E-state index is 14.0. The predicted molar refractivity (Wildman–Crippen MR) is 157 cm³/mol. The van der Waals surface area contributed by atoms with Crippen LogP contribution in [-0.2, 0) is 9.59 Å². The van der Waals surface area contributed by atoms with Gasteiger partial charge in [-0.1, -0.05) is 103 Å². The van der Waals surface area contributed by atoms with Crippen molar-refractivity contribution in [3.05, 3.63) is 124 Å². The molecule has 1 N–H and O–H groups in total. The smallest absolute Gasteiger partial charge is 0.255 e. The molecule has 1 aliphatic heterocycles. The minimum absolute atomic E-state index is 0.0922. The van der Waals surface area contributed by atoms with Crippen molar-refractivity contribution in [1.29, 1.82) is 0 Å². The Bertz CT molecular complexity index is 1810. The third-order valence-corrected chi connectivity index (χ3v) is 9.04. The average molecular weight is 531 g/mol. The van der Waals surface area contributed by atoms with Gasteiger partial charge in [0, 0.05) is 29.1 Å². The van der Waals surface area contributed by atoms with E-state index in [2.05, 4.69) is 47.8 Å². The molecular formula is C34H27ClN2O2. The number of nitrogens with one attached hydrogen (secondary N) is 1. The summed E-state index contributed by atoms with van der Waals surface area (Å²) in [5.41, 5.74) is 3.15. The molecule has 0 aromatic heterocycles. The lowest BCUT2D eigenvalue weighted by Crippen LogP contribution is -2.54. The van der Waals surface area contributed by atoms with Crippen LogP contribution in [0.15, 0.2) is 113 Å². The molecule has 4 aliphatic rings. The first-order chi connectivity index (χ1) is 18.9. The van der Waals surface area contributed by atoms with E-state index in [1.54, 1.807) is 11.9 Å². The van der Waals surface area contributed by atoms with Crippen molar-refractivity contribution in [1.82, 2.24) is 10.2 Å². The standard InChI is InChI=1S/C34H27ClN2O2/c1-20(24-15-7-11-21-9-3-5-13-25(21)24)36-32(38)29-18-23-17-28-31(33(39)37(2)34(28,29)19-30(23)35)27-16-8-12-22-10-4-6-14-26(22)27/h3-16,18-20,23H,17H2,1-2H3,(H,36,38)/t20-,23+,34?/m1/s1. The Morgan fingerprint density at radius 2 is 1.59 bits per heavy atom. The molecule has 0 radical (unpaired) electrons. The molecule has 1 spiro atoms. The van der Waals surface area contributed by atoms with Crippen LogP contribution in [0.4, 0.5) is 0 Å². The summed E-state index contributed by atoms with van der Waals surface area (Å²) in [5, 5.41) is 8.26. The molecule has 0 fully saturated rings. The lowest BCUT2D eigenvalue weighted by Gasteiger charge is -2.46. The number of nitrogens with zero attached hydrogens (tertiary/aromatic N) is 1. The van der Waals surface area contributed by atoms with Crippen molar-refractivity contribution in [3.8, 4) is 0 Å². The highest BCUT2D eigenvalue weighted by Crippen LogP contribution is 2.56. The van der Waals surface area contributed by atoms with Gasteiger partial charge in [-0.25, -0.2) is 0 Å². The van der Waals surface area contributed by atoms with Crippen molar-refractivity contribution >= 4 is 50.5 Å². The first-order valence-corrected chi connectivity index (χ1v) is 13.7. The second-order valence-corrected chi connectivity index (χ2v) is 11.1. The number of benzene rings is 4. The number of likely N-dealkylation sites (N-methyl/N-ethyl adjacent to an activating group) is 1. The molecule has 192 valence electrons. The number of halogens is 1. The minimum atomic E-state index is -1.00. The molecule has 4 aromatic carbocycles. The minimum Gasteiger partial charge on any atom is -0.346 e. The molecule has 0 saturated heterocycles. The summed E-state index contributed by atoms with van der Waals surface area (Å²) in [6, 6.07) is 28.3. The largest absolute Gasteiger partial charge is 0.346 e. The van der Waals surface area contributed by atoms with Crippen LogP contribution in [-0.4, -0.2) is 29.3 Å². The van der Waals surface area contributed by atoms with E-state index in [0.29, 0.717) is 22.6 Å². The van der Waals surface area contributed by atoms with E-state index < -0.39 is 5.54 Å². The molecule has 4 aromatic rings. The predicted octanol–water partition coefficient (Wildman–Crippen LogP) is 6.92. The highest BCUT2D eigenvalue weighted by Gasteiger charge is 2.58. The van der Waals surface area contributed by atoms with Gasteiger partial charge in [-0.05, 0) is 57.7 Å². The molecule has 2 amide bonds. The van der Waals surface area contributed by atoms with Crippen LogP contribution >= 0.6 is 11.6 Å². The van der Waals surface area contributed by atoms with Crippen LogP contribution in [0.2, 0.25) is 0 Å². The highest BCUT2D eigenvalue weighted by molar-refractivity contribution is 6.32. The van der Waals surface area contributed by atoms with Gasteiger partial charge in [-0.3, -0.25) is 9.59 Å². The summed E-state index contributed by atoms with van der Waals surface area (Å²) in [6.07, 6.45) is 4.50. The molecule has 1 unspecified atom stereocenters. The Hall–Kier alpha value is -4.15. The van der Waals surface area contributed by atoms with E-state index in [9.17, 15) is 9.59 Å². The third-order valence-electron chi connectivity index (χ3n) is 8.65. The Kier molecular flexibility index (Phi) is 5.33. The van der Waals surface area contributed by atoms with E-state index >= 15 is 0 Å².